The Kier molecular flexibility index (Phi) is 9.64. The number of benzene rings is 2. The highest BCUT2D eigenvalue weighted by molar-refractivity contribution is 8.03. The maximum Gasteiger partial charge on any atom is 0.339 e. The molecule has 0 aliphatic carbocycles. The van der Waals surface area contributed by atoms with Gasteiger partial charge in [0.05, 0.1) is 48.2 Å². The van der Waals surface area contributed by atoms with Gasteiger partial charge in [-0.3, -0.25) is 9.59 Å². The lowest BCUT2D eigenvalue weighted by molar-refractivity contribution is -0.114. The van der Waals surface area contributed by atoms with Crippen LogP contribution in [0.2, 0.25) is 0 Å². The Balaban J connectivity index is 1.48. The second-order valence-corrected chi connectivity index (χ2v) is 10.0. The van der Waals surface area contributed by atoms with Crippen molar-refractivity contribution >= 4 is 70.0 Å². The van der Waals surface area contributed by atoms with Crippen LogP contribution in [0.5, 0.6) is 0 Å². The Morgan fingerprint density at radius 3 is 1.54 bits per heavy atom. The molecule has 1 heterocycles. The third-order valence-corrected chi connectivity index (χ3v) is 7.44. The Hall–Kier alpha value is -3.42. The Labute approximate surface area is 213 Å². The van der Waals surface area contributed by atoms with Crippen molar-refractivity contribution in [2.24, 2.45) is 0 Å². The number of nitrogens with one attached hydrogen (secondary N) is 2. The lowest BCUT2D eigenvalue weighted by atomic mass is 10.2. The number of hydrogen-bond acceptors (Lipinski definition) is 11. The molecule has 35 heavy (non-hydrogen) atoms. The van der Waals surface area contributed by atoms with E-state index in [-0.39, 0.29) is 34.4 Å². The van der Waals surface area contributed by atoms with Gasteiger partial charge >= 0.3 is 11.9 Å². The summed E-state index contributed by atoms with van der Waals surface area (Å²) >= 11 is 3.62. The molecule has 0 spiro atoms. The summed E-state index contributed by atoms with van der Waals surface area (Å²) in [6.45, 7) is 0. The summed E-state index contributed by atoms with van der Waals surface area (Å²) in [4.78, 5) is 48.3. The molecule has 0 unspecified atom stereocenters. The summed E-state index contributed by atoms with van der Waals surface area (Å²) in [6.07, 6.45) is 0. The second kappa shape index (κ2) is 12.9. The molecule has 0 aliphatic heterocycles. The van der Waals surface area contributed by atoms with Gasteiger partial charge in [0.15, 0.2) is 8.68 Å². The molecular weight excluding hydrogens is 512 g/mol. The Morgan fingerprint density at radius 1 is 0.743 bits per heavy atom. The summed E-state index contributed by atoms with van der Waals surface area (Å²) in [7, 11) is 2.54. The van der Waals surface area contributed by atoms with E-state index in [0.717, 1.165) is 0 Å². The number of para-hydroxylation sites is 2. The fraction of sp³-hybridized carbons (Fsp3) is 0.182. The number of carbonyl (C=O) groups excluding carboxylic acids is 4. The van der Waals surface area contributed by atoms with Crippen molar-refractivity contribution in [3.8, 4) is 0 Å². The van der Waals surface area contributed by atoms with Gasteiger partial charge in [0.1, 0.15) is 0 Å². The molecule has 182 valence electrons. The van der Waals surface area contributed by atoms with Gasteiger partial charge in [-0.1, -0.05) is 59.1 Å². The van der Waals surface area contributed by atoms with Crippen molar-refractivity contribution in [3.05, 3.63) is 59.7 Å². The van der Waals surface area contributed by atoms with Crippen molar-refractivity contribution in [2.45, 2.75) is 8.68 Å². The number of anilines is 2. The molecule has 0 saturated carbocycles. The number of carbonyl (C=O) groups is 4. The fourth-order valence-corrected chi connectivity index (χ4v) is 5.32. The minimum atomic E-state index is -0.544. The van der Waals surface area contributed by atoms with Gasteiger partial charge in [0.2, 0.25) is 11.8 Å². The third kappa shape index (κ3) is 7.53. The van der Waals surface area contributed by atoms with Gasteiger partial charge in [-0.05, 0) is 24.3 Å². The molecule has 10 nitrogen and oxygen atoms in total. The van der Waals surface area contributed by atoms with E-state index in [4.69, 9.17) is 9.47 Å². The maximum atomic E-state index is 12.3. The quantitative estimate of drug-likeness (QED) is 0.294. The average molecular weight is 533 g/mol. The van der Waals surface area contributed by atoms with Crippen molar-refractivity contribution in [3.63, 3.8) is 0 Å². The topological polar surface area (TPSA) is 137 Å². The lowest BCUT2D eigenvalue weighted by Crippen LogP contribution is -2.17. The number of amides is 2. The zero-order chi connectivity index (χ0) is 25.2. The molecule has 3 aromatic rings. The predicted molar refractivity (Wildman–Crippen MR) is 134 cm³/mol. The first-order valence-electron chi connectivity index (χ1n) is 9.94. The highest BCUT2D eigenvalue weighted by atomic mass is 32.2. The van der Waals surface area contributed by atoms with Crippen molar-refractivity contribution in [2.75, 3.05) is 36.4 Å². The van der Waals surface area contributed by atoms with Crippen LogP contribution in [-0.2, 0) is 19.1 Å². The Morgan fingerprint density at radius 2 is 1.14 bits per heavy atom. The van der Waals surface area contributed by atoms with Gasteiger partial charge in [0.25, 0.3) is 0 Å². The minimum absolute atomic E-state index is 0.0552. The van der Waals surface area contributed by atoms with Crippen LogP contribution < -0.4 is 10.6 Å². The summed E-state index contributed by atoms with van der Waals surface area (Å²) in [5.41, 5.74) is 1.24. The van der Waals surface area contributed by atoms with Crippen LogP contribution in [0.4, 0.5) is 11.4 Å². The first-order valence-corrected chi connectivity index (χ1v) is 12.7. The van der Waals surface area contributed by atoms with Gasteiger partial charge in [-0.25, -0.2) is 9.59 Å². The van der Waals surface area contributed by atoms with Gasteiger partial charge in [0, 0.05) is 0 Å². The number of nitrogens with zero attached hydrogens (tertiary/aromatic N) is 2. The predicted octanol–water partition coefficient (Wildman–Crippen LogP) is 3.57. The average Bonchev–Trinajstić information content (AvgIpc) is 3.34. The molecule has 3 rings (SSSR count). The van der Waals surface area contributed by atoms with Crippen molar-refractivity contribution in [1.29, 1.82) is 0 Å². The van der Waals surface area contributed by atoms with E-state index >= 15 is 0 Å². The smallest absolute Gasteiger partial charge is 0.339 e. The van der Waals surface area contributed by atoms with Gasteiger partial charge in [-0.2, -0.15) is 0 Å². The number of esters is 2. The highest BCUT2D eigenvalue weighted by Crippen LogP contribution is 2.29. The van der Waals surface area contributed by atoms with Crippen LogP contribution in [0.1, 0.15) is 20.7 Å². The highest BCUT2D eigenvalue weighted by Gasteiger charge is 2.16. The summed E-state index contributed by atoms with van der Waals surface area (Å²) in [5.74, 6) is -1.62. The molecule has 1 aromatic heterocycles. The number of hydrogen-bond donors (Lipinski definition) is 2. The second-order valence-electron chi connectivity index (χ2n) is 6.58. The molecule has 0 fully saturated rings. The molecule has 2 aromatic carbocycles. The number of thioether (sulfide) groups is 2. The normalized spacial score (nSPS) is 10.3. The largest absolute Gasteiger partial charge is 0.465 e. The van der Waals surface area contributed by atoms with Crippen LogP contribution in [-0.4, -0.2) is 59.7 Å². The lowest BCUT2D eigenvalue weighted by Gasteiger charge is -2.09. The maximum absolute atomic E-state index is 12.3. The van der Waals surface area contributed by atoms with E-state index in [1.54, 1.807) is 48.5 Å². The number of methoxy groups -OCH3 is 2. The molecule has 2 amide bonds. The summed E-state index contributed by atoms with van der Waals surface area (Å²) in [6, 6.07) is 13.1. The number of ether oxygens (including phenoxy) is 2. The summed E-state index contributed by atoms with van der Waals surface area (Å²) in [5, 5.41) is 13.4. The first kappa shape index (κ1) is 26.2. The van der Waals surface area contributed by atoms with Crippen LogP contribution in [0.15, 0.2) is 57.2 Å². The van der Waals surface area contributed by atoms with Crippen LogP contribution in [0.25, 0.3) is 0 Å². The number of aromatic nitrogens is 2. The Bertz CT molecular complexity index is 1140. The van der Waals surface area contributed by atoms with E-state index in [9.17, 15) is 19.2 Å². The SMILES string of the molecule is COC(=O)c1ccccc1NC(=O)CSc1nnc(SCC(=O)Nc2ccccc2C(=O)OC)s1. The van der Waals surface area contributed by atoms with Crippen LogP contribution in [0, 0.1) is 0 Å². The van der Waals surface area contributed by atoms with Crippen molar-refractivity contribution in [1.82, 2.24) is 10.2 Å². The molecule has 0 bridgehead atoms. The minimum Gasteiger partial charge on any atom is -0.465 e. The third-order valence-electron chi connectivity index (χ3n) is 4.25. The van der Waals surface area contributed by atoms with Gasteiger partial charge < -0.3 is 20.1 Å². The zero-order valence-corrected chi connectivity index (χ0v) is 21.1. The summed E-state index contributed by atoms with van der Waals surface area (Å²) < 4.78 is 10.6. The van der Waals surface area contributed by atoms with E-state index in [1.165, 1.54) is 49.1 Å². The molecule has 0 saturated heterocycles. The van der Waals surface area contributed by atoms with Crippen LogP contribution in [0.3, 0.4) is 0 Å². The van der Waals surface area contributed by atoms with Crippen molar-refractivity contribution < 1.29 is 28.7 Å². The number of rotatable bonds is 10. The van der Waals surface area contributed by atoms with E-state index < -0.39 is 11.9 Å². The van der Waals surface area contributed by atoms with Crippen LogP contribution >= 0.6 is 34.9 Å². The fourth-order valence-electron chi connectivity index (χ4n) is 2.70. The monoisotopic (exact) mass is 532 g/mol. The standard InChI is InChI=1S/C22H20N4O6S3/c1-31-19(29)13-7-3-5-9-15(13)23-17(27)11-33-21-25-26-22(35-21)34-12-18(28)24-16-10-6-4-8-14(16)20(30)32-2/h3-10H,11-12H2,1-2H3,(H,23,27)(H,24,28). The molecular formula is C22H20N4O6S3. The molecule has 0 aliphatic rings. The molecule has 13 heteroatoms. The first-order chi connectivity index (χ1) is 16.9. The van der Waals surface area contributed by atoms with E-state index in [2.05, 4.69) is 20.8 Å². The molecule has 0 radical (unpaired) electrons. The molecule has 2 N–H and O–H groups in total. The van der Waals surface area contributed by atoms with Gasteiger partial charge in [-0.15, -0.1) is 10.2 Å². The molecule has 0 atom stereocenters. The zero-order valence-electron chi connectivity index (χ0n) is 18.6. The van der Waals surface area contributed by atoms with E-state index in [1.807, 2.05) is 0 Å². The van der Waals surface area contributed by atoms with E-state index in [0.29, 0.717) is 20.1 Å².